The van der Waals surface area contributed by atoms with Gasteiger partial charge in [0.25, 0.3) is 0 Å². The first kappa shape index (κ1) is 27.9. The number of nitrogens with zero attached hydrogens (tertiary/aromatic N) is 1. The highest BCUT2D eigenvalue weighted by atomic mass is 79.9. The molecule has 2 bridgehead atoms. The Morgan fingerprint density at radius 2 is 1.89 bits per heavy atom. The van der Waals surface area contributed by atoms with Crippen molar-refractivity contribution in [2.45, 2.75) is 82.1 Å². The molecule has 1 aromatic carbocycles. The number of likely N-dealkylation sites (tertiary alicyclic amines) is 1. The zero-order chi connectivity index (χ0) is 27.1. The van der Waals surface area contributed by atoms with Gasteiger partial charge in [0.1, 0.15) is 17.4 Å². The zero-order valence-electron chi connectivity index (χ0n) is 22.1. The van der Waals surface area contributed by atoms with E-state index in [9.17, 15) is 19.5 Å². The molecule has 0 radical (unpaired) electrons. The first-order valence-electron chi connectivity index (χ1n) is 13.2. The summed E-state index contributed by atoms with van der Waals surface area (Å²) in [6, 6.07) is 5.41. The molecule has 1 spiro atoms. The van der Waals surface area contributed by atoms with Gasteiger partial charge in [-0.3, -0.25) is 14.4 Å². The monoisotopic (exact) mass is 579 g/mol. The number of rotatable bonds is 10. The predicted octanol–water partition coefficient (Wildman–Crippen LogP) is 2.70. The van der Waals surface area contributed by atoms with Crippen molar-refractivity contribution in [1.29, 1.82) is 0 Å². The highest BCUT2D eigenvalue weighted by Gasteiger charge is 2.77. The van der Waals surface area contributed by atoms with Gasteiger partial charge in [0.2, 0.25) is 17.7 Å². The van der Waals surface area contributed by atoms with Crippen LogP contribution in [0, 0.1) is 17.8 Å². The highest BCUT2D eigenvalue weighted by Crippen LogP contribution is 2.60. The molecule has 0 saturated carbocycles. The van der Waals surface area contributed by atoms with Crippen molar-refractivity contribution in [3.8, 4) is 5.75 Å². The Morgan fingerprint density at radius 3 is 2.46 bits per heavy atom. The van der Waals surface area contributed by atoms with Crippen molar-refractivity contribution in [3.05, 3.63) is 24.3 Å². The topological polar surface area (TPSA) is 117 Å². The van der Waals surface area contributed by atoms with E-state index >= 15 is 0 Å². The molecule has 10 heteroatoms. The lowest BCUT2D eigenvalue weighted by Crippen LogP contribution is -2.60. The van der Waals surface area contributed by atoms with Crippen LogP contribution < -0.4 is 15.4 Å². The van der Waals surface area contributed by atoms with Crippen LogP contribution in [-0.2, 0) is 19.1 Å². The number of aliphatic hydroxyl groups is 1. The summed E-state index contributed by atoms with van der Waals surface area (Å²) in [5.74, 6) is -1.91. The molecule has 3 heterocycles. The smallest absolute Gasteiger partial charge is 0.246 e. The number of ether oxygens (including phenoxy) is 2. The SMILES string of the molecule is CCOc1ccc(NC(=O)[C@H]2[C@H]3C(=O)N([C@@H](CO)[C@@H](C)CC)C(C(=O)NC(C)C)C34CC(Br)[C@@H]2O4)cc1. The summed E-state index contributed by atoms with van der Waals surface area (Å²) in [6.07, 6.45) is 0.591. The molecule has 3 saturated heterocycles. The van der Waals surface area contributed by atoms with Crippen molar-refractivity contribution in [3.63, 3.8) is 0 Å². The van der Waals surface area contributed by atoms with Gasteiger partial charge in [-0.15, -0.1) is 0 Å². The van der Waals surface area contributed by atoms with Gasteiger partial charge < -0.3 is 30.1 Å². The van der Waals surface area contributed by atoms with E-state index in [0.29, 0.717) is 24.5 Å². The number of hydrogen-bond acceptors (Lipinski definition) is 6. The van der Waals surface area contributed by atoms with Gasteiger partial charge in [-0.05, 0) is 57.4 Å². The van der Waals surface area contributed by atoms with Gasteiger partial charge in [0.05, 0.1) is 37.2 Å². The quantitative estimate of drug-likeness (QED) is 0.367. The third kappa shape index (κ3) is 4.76. The third-order valence-electron chi connectivity index (χ3n) is 7.99. The molecular formula is C27H38BrN3O6. The summed E-state index contributed by atoms with van der Waals surface area (Å²) in [4.78, 5) is 42.8. The summed E-state index contributed by atoms with van der Waals surface area (Å²) >= 11 is 3.68. The van der Waals surface area contributed by atoms with E-state index < -0.39 is 35.6 Å². The van der Waals surface area contributed by atoms with E-state index in [0.717, 1.165) is 6.42 Å². The van der Waals surface area contributed by atoms with E-state index in [1.165, 1.54) is 4.90 Å². The summed E-state index contributed by atoms with van der Waals surface area (Å²) < 4.78 is 12.0. The van der Waals surface area contributed by atoms with E-state index in [2.05, 4.69) is 26.6 Å². The van der Waals surface area contributed by atoms with Crippen LogP contribution >= 0.6 is 15.9 Å². The number of nitrogens with one attached hydrogen (secondary N) is 2. The fraction of sp³-hybridized carbons (Fsp3) is 0.667. The van der Waals surface area contributed by atoms with Gasteiger partial charge in [-0.2, -0.15) is 0 Å². The van der Waals surface area contributed by atoms with Gasteiger partial charge in [-0.25, -0.2) is 0 Å². The van der Waals surface area contributed by atoms with E-state index in [1.807, 2.05) is 34.6 Å². The molecule has 3 fully saturated rings. The van der Waals surface area contributed by atoms with Gasteiger partial charge >= 0.3 is 0 Å². The van der Waals surface area contributed by atoms with Crippen LogP contribution in [-0.4, -0.2) is 75.6 Å². The molecule has 3 amide bonds. The van der Waals surface area contributed by atoms with Crippen molar-refractivity contribution in [1.82, 2.24) is 10.2 Å². The second-order valence-electron chi connectivity index (χ2n) is 10.7. The number of amides is 3. The largest absolute Gasteiger partial charge is 0.494 e. The number of hydrogen-bond donors (Lipinski definition) is 3. The Balaban J connectivity index is 1.70. The Hall–Kier alpha value is -2.17. The number of aliphatic hydroxyl groups excluding tert-OH is 1. The molecule has 9 nitrogen and oxygen atoms in total. The second kappa shape index (κ2) is 10.9. The van der Waals surface area contributed by atoms with E-state index in [1.54, 1.807) is 24.3 Å². The van der Waals surface area contributed by atoms with Gasteiger partial charge in [0.15, 0.2) is 0 Å². The van der Waals surface area contributed by atoms with Crippen molar-refractivity contribution in [2.24, 2.45) is 17.8 Å². The summed E-state index contributed by atoms with van der Waals surface area (Å²) in [6.45, 7) is 9.83. The Kier molecular flexibility index (Phi) is 8.21. The number of carbonyl (C=O) groups is 3. The number of carbonyl (C=O) groups excluding carboxylic acids is 3. The molecule has 3 aliphatic heterocycles. The Labute approximate surface area is 226 Å². The minimum absolute atomic E-state index is 0.0494. The third-order valence-corrected chi connectivity index (χ3v) is 8.83. The fourth-order valence-electron chi connectivity index (χ4n) is 6.23. The van der Waals surface area contributed by atoms with E-state index in [-0.39, 0.29) is 41.1 Å². The zero-order valence-corrected chi connectivity index (χ0v) is 23.7. The molecular weight excluding hydrogens is 542 g/mol. The number of benzene rings is 1. The molecule has 3 aliphatic rings. The molecule has 4 rings (SSSR count). The number of halogens is 1. The molecule has 204 valence electrons. The first-order chi connectivity index (χ1) is 17.6. The lowest BCUT2D eigenvalue weighted by atomic mass is 9.70. The molecule has 0 aromatic heterocycles. The van der Waals surface area contributed by atoms with Crippen LogP contribution in [0.25, 0.3) is 0 Å². The summed E-state index contributed by atoms with van der Waals surface area (Å²) in [5, 5.41) is 16.2. The standard InChI is InChI=1S/C27H38BrN3O6/c1-6-15(5)19(13-32)31-23(25(34)29-14(3)4)27-12-18(28)22(37-27)20(21(27)26(31)35)24(33)30-16-8-10-17(11-9-16)36-7-2/h8-11,14-15,18-23,32H,6-7,12-13H2,1-5H3,(H,29,34)(H,30,33)/t15-,18?,19-,20-,21-,22-,23?,27?/m0/s1. The maximum absolute atomic E-state index is 14.1. The lowest BCUT2D eigenvalue weighted by Gasteiger charge is -2.39. The van der Waals surface area contributed by atoms with Crippen molar-refractivity contribution in [2.75, 3.05) is 18.5 Å². The van der Waals surface area contributed by atoms with Crippen LogP contribution in [0.1, 0.15) is 47.5 Å². The van der Waals surface area contributed by atoms with Crippen LogP contribution in [0.5, 0.6) is 5.75 Å². The average Bonchev–Trinajstić information content (AvgIpc) is 3.44. The second-order valence-corrected chi connectivity index (χ2v) is 11.8. The fourth-order valence-corrected chi connectivity index (χ4v) is 7.17. The molecule has 8 atom stereocenters. The van der Waals surface area contributed by atoms with Gasteiger partial charge in [0, 0.05) is 16.6 Å². The van der Waals surface area contributed by atoms with Crippen LogP contribution in [0.15, 0.2) is 24.3 Å². The van der Waals surface area contributed by atoms with Gasteiger partial charge in [-0.1, -0.05) is 36.2 Å². The Morgan fingerprint density at radius 1 is 1.22 bits per heavy atom. The number of alkyl halides is 1. The first-order valence-corrected chi connectivity index (χ1v) is 14.1. The van der Waals surface area contributed by atoms with Crippen molar-refractivity contribution < 1.29 is 29.0 Å². The Bertz CT molecular complexity index is 1020. The minimum Gasteiger partial charge on any atom is -0.494 e. The maximum Gasteiger partial charge on any atom is 0.246 e. The summed E-state index contributed by atoms with van der Waals surface area (Å²) in [7, 11) is 0. The molecule has 0 aliphatic carbocycles. The lowest BCUT2D eigenvalue weighted by molar-refractivity contribution is -0.146. The van der Waals surface area contributed by atoms with E-state index in [4.69, 9.17) is 9.47 Å². The normalized spacial score (nSPS) is 31.8. The number of anilines is 1. The molecule has 3 N–H and O–H groups in total. The van der Waals surface area contributed by atoms with Crippen LogP contribution in [0.4, 0.5) is 5.69 Å². The molecule has 1 aromatic rings. The predicted molar refractivity (Wildman–Crippen MR) is 142 cm³/mol. The van der Waals surface area contributed by atoms with Crippen molar-refractivity contribution >= 4 is 39.3 Å². The summed E-state index contributed by atoms with van der Waals surface area (Å²) in [5.41, 5.74) is -0.572. The van der Waals surface area contributed by atoms with Crippen LogP contribution in [0.2, 0.25) is 0 Å². The minimum atomic E-state index is -1.16. The molecule has 37 heavy (non-hydrogen) atoms. The maximum atomic E-state index is 14.1. The number of fused-ring (bicyclic) bond motifs is 1. The van der Waals surface area contributed by atoms with Crippen LogP contribution in [0.3, 0.4) is 0 Å². The average molecular weight is 581 g/mol. The molecule has 3 unspecified atom stereocenters. The highest BCUT2D eigenvalue weighted by molar-refractivity contribution is 9.09.